The van der Waals surface area contributed by atoms with Crippen LogP contribution in [0.2, 0.25) is 0 Å². The second-order valence-corrected chi connectivity index (χ2v) is 7.66. The van der Waals surface area contributed by atoms with E-state index in [-0.39, 0.29) is 0 Å². The Bertz CT molecular complexity index is 1040. The monoisotopic (exact) mass is 419 g/mol. The van der Waals surface area contributed by atoms with Crippen molar-refractivity contribution in [3.05, 3.63) is 64.7 Å². The second kappa shape index (κ2) is 7.72. The second-order valence-electron chi connectivity index (χ2n) is 7.29. The van der Waals surface area contributed by atoms with Gasteiger partial charge in [0.15, 0.2) is 10.6 Å². The zero-order valence-corrected chi connectivity index (χ0v) is 16.6. The predicted molar refractivity (Wildman–Crippen MR) is 105 cm³/mol. The highest BCUT2D eigenvalue weighted by molar-refractivity contribution is 7.71. The molecule has 29 heavy (non-hydrogen) atoms. The Morgan fingerprint density at radius 2 is 1.76 bits per heavy atom. The van der Waals surface area contributed by atoms with Crippen molar-refractivity contribution in [2.75, 3.05) is 7.05 Å². The molecule has 0 atom stereocenters. The van der Waals surface area contributed by atoms with Crippen LogP contribution in [-0.2, 0) is 19.4 Å². The summed E-state index contributed by atoms with van der Waals surface area (Å²) in [5.74, 6) is 0.822. The molecule has 1 aliphatic carbocycles. The molecule has 0 unspecified atom stereocenters. The number of aromatic nitrogens is 4. The van der Waals surface area contributed by atoms with Gasteiger partial charge in [-0.25, -0.2) is 4.68 Å². The van der Waals surface area contributed by atoms with E-state index in [1.54, 1.807) is 17.1 Å². The summed E-state index contributed by atoms with van der Waals surface area (Å²) in [6.45, 7) is 0.929. The van der Waals surface area contributed by atoms with Crippen LogP contribution in [-0.4, -0.2) is 31.3 Å². The first-order valence-electron chi connectivity index (χ1n) is 9.27. The van der Waals surface area contributed by atoms with E-state index in [2.05, 4.69) is 9.55 Å². The molecule has 2 aromatic heterocycles. The summed E-state index contributed by atoms with van der Waals surface area (Å²) in [4.78, 5) is 6.03. The molecule has 3 aromatic rings. The number of hydrogen-bond donors (Lipinski definition) is 0. The van der Waals surface area contributed by atoms with E-state index < -0.39 is 11.7 Å². The number of halogens is 3. The van der Waals surface area contributed by atoms with Gasteiger partial charge in [0.2, 0.25) is 0 Å². The minimum Gasteiger partial charge on any atom is -0.297 e. The van der Waals surface area contributed by atoms with Gasteiger partial charge in [-0.1, -0.05) is 12.1 Å². The van der Waals surface area contributed by atoms with Crippen LogP contribution in [0.25, 0.3) is 11.4 Å². The maximum Gasteiger partial charge on any atom is 0.416 e. The minimum atomic E-state index is -4.32. The minimum absolute atomic E-state index is 0.375. The molecule has 0 N–H and O–H groups in total. The zero-order chi connectivity index (χ0) is 20.6. The largest absolute Gasteiger partial charge is 0.416 e. The molecule has 5 nitrogen and oxygen atoms in total. The Kier molecular flexibility index (Phi) is 5.26. The molecule has 1 aromatic carbocycles. The first-order chi connectivity index (χ1) is 13.8. The van der Waals surface area contributed by atoms with Crippen LogP contribution in [0.4, 0.5) is 13.2 Å². The van der Waals surface area contributed by atoms with E-state index in [0.29, 0.717) is 24.0 Å². The fraction of sp³-hybridized carbons (Fsp3) is 0.350. The molecule has 4 rings (SSSR count). The number of nitrogens with zero attached hydrogens (tertiary/aromatic N) is 5. The molecular formula is C20H20F3N5S. The first kappa shape index (κ1) is 19.8. The van der Waals surface area contributed by atoms with Crippen LogP contribution < -0.4 is 0 Å². The van der Waals surface area contributed by atoms with Gasteiger partial charge in [-0.3, -0.25) is 14.5 Å². The topological polar surface area (TPSA) is 38.9 Å². The molecule has 1 aliphatic rings. The van der Waals surface area contributed by atoms with Crippen LogP contribution in [0.3, 0.4) is 0 Å². The summed E-state index contributed by atoms with van der Waals surface area (Å²) in [6, 6.07) is 9.42. The van der Waals surface area contributed by atoms with Crippen molar-refractivity contribution in [2.24, 2.45) is 0 Å². The Morgan fingerprint density at radius 1 is 1.10 bits per heavy atom. The van der Waals surface area contributed by atoms with E-state index >= 15 is 0 Å². The first-order valence-corrected chi connectivity index (χ1v) is 9.68. The van der Waals surface area contributed by atoms with Gasteiger partial charge in [-0.2, -0.15) is 18.3 Å². The Balaban J connectivity index is 1.53. The molecule has 152 valence electrons. The fourth-order valence-electron chi connectivity index (χ4n) is 3.26. The Hall–Kier alpha value is -2.52. The van der Waals surface area contributed by atoms with Gasteiger partial charge in [0, 0.05) is 30.5 Å². The van der Waals surface area contributed by atoms with Crippen molar-refractivity contribution in [3.8, 4) is 11.4 Å². The van der Waals surface area contributed by atoms with Gasteiger partial charge in [-0.05, 0) is 61.9 Å². The lowest BCUT2D eigenvalue weighted by molar-refractivity contribution is -0.137. The van der Waals surface area contributed by atoms with Gasteiger partial charge in [0.25, 0.3) is 0 Å². The predicted octanol–water partition coefficient (Wildman–Crippen LogP) is 4.92. The number of hydrogen-bond acceptors (Lipinski definition) is 4. The van der Waals surface area contributed by atoms with E-state index in [0.717, 1.165) is 41.9 Å². The smallest absolute Gasteiger partial charge is 0.297 e. The zero-order valence-electron chi connectivity index (χ0n) is 15.8. The number of benzene rings is 1. The third-order valence-corrected chi connectivity index (χ3v) is 5.24. The van der Waals surface area contributed by atoms with Gasteiger partial charge in [0.1, 0.15) is 0 Å². The molecule has 1 fully saturated rings. The van der Waals surface area contributed by atoms with Gasteiger partial charge in [-0.15, -0.1) is 0 Å². The maximum atomic E-state index is 12.7. The van der Waals surface area contributed by atoms with Crippen molar-refractivity contribution < 1.29 is 13.2 Å². The third-order valence-electron chi connectivity index (χ3n) is 4.83. The van der Waals surface area contributed by atoms with Crippen molar-refractivity contribution in [3.63, 3.8) is 0 Å². The van der Waals surface area contributed by atoms with Crippen LogP contribution >= 0.6 is 12.2 Å². The lowest BCUT2D eigenvalue weighted by atomic mass is 10.1. The average molecular weight is 419 g/mol. The highest BCUT2D eigenvalue weighted by atomic mass is 32.1. The van der Waals surface area contributed by atoms with E-state index in [4.69, 9.17) is 17.3 Å². The Morgan fingerprint density at radius 3 is 2.34 bits per heavy atom. The molecule has 2 heterocycles. The van der Waals surface area contributed by atoms with E-state index in [9.17, 15) is 13.2 Å². The highest BCUT2D eigenvalue weighted by Crippen LogP contribution is 2.38. The SMILES string of the molecule is CN(Cc1ccc(C(F)(F)F)cc1)Cn1nc(-c2ccncc2)n(C2CC2)c1=S. The number of pyridine rings is 1. The van der Waals surface area contributed by atoms with Crippen molar-refractivity contribution in [1.82, 2.24) is 24.2 Å². The van der Waals surface area contributed by atoms with Crippen LogP contribution in [0.5, 0.6) is 0 Å². The fourth-order valence-corrected chi connectivity index (χ4v) is 3.60. The highest BCUT2D eigenvalue weighted by Gasteiger charge is 2.30. The van der Waals surface area contributed by atoms with Gasteiger partial charge >= 0.3 is 6.18 Å². The van der Waals surface area contributed by atoms with E-state index in [1.807, 2.05) is 24.1 Å². The lowest BCUT2D eigenvalue weighted by Gasteiger charge is -2.17. The summed E-state index contributed by atoms with van der Waals surface area (Å²) < 4.78 is 42.7. The third kappa shape index (κ3) is 4.40. The molecule has 0 bridgehead atoms. The summed E-state index contributed by atoms with van der Waals surface area (Å²) in [5, 5.41) is 4.73. The normalized spacial score (nSPS) is 14.5. The summed E-state index contributed by atoms with van der Waals surface area (Å²) in [7, 11) is 1.89. The summed E-state index contributed by atoms with van der Waals surface area (Å²) in [6.07, 6.45) is 1.30. The Labute approximate surface area is 171 Å². The van der Waals surface area contributed by atoms with Crippen LogP contribution in [0.15, 0.2) is 48.8 Å². The van der Waals surface area contributed by atoms with Crippen LogP contribution in [0, 0.1) is 4.77 Å². The molecule has 0 amide bonds. The van der Waals surface area contributed by atoms with Crippen molar-refractivity contribution >= 4 is 12.2 Å². The molecule has 0 spiro atoms. The molecule has 0 saturated heterocycles. The van der Waals surface area contributed by atoms with E-state index in [1.165, 1.54) is 12.1 Å². The van der Waals surface area contributed by atoms with Crippen LogP contribution in [0.1, 0.15) is 30.0 Å². The van der Waals surface area contributed by atoms with Crippen molar-refractivity contribution in [2.45, 2.75) is 38.3 Å². The molecule has 1 saturated carbocycles. The molecule has 0 radical (unpaired) electrons. The summed E-state index contributed by atoms with van der Waals surface area (Å²) >= 11 is 5.67. The quantitative estimate of drug-likeness (QED) is 0.532. The van der Waals surface area contributed by atoms with Crippen molar-refractivity contribution in [1.29, 1.82) is 0 Å². The average Bonchev–Trinajstić information content (AvgIpc) is 3.47. The molecular weight excluding hydrogens is 399 g/mol. The molecule has 0 aliphatic heterocycles. The summed E-state index contributed by atoms with van der Waals surface area (Å²) in [5.41, 5.74) is 1.11. The van der Waals surface area contributed by atoms with Gasteiger partial charge in [0.05, 0.1) is 12.2 Å². The number of rotatable bonds is 6. The standard InChI is InChI=1S/C20H20F3N5S/c1-26(12-14-2-4-16(5-3-14)20(21,22)23)13-27-19(29)28(17-6-7-17)18(25-27)15-8-10-24-11-9-15/h2-5,8-11,17H,6-7,12-13H2,1H3. The lowest BCUT2D eigenvalue weighted by Crippen LogP contribution is -2.22. The van der Waals surface area contributed by atoms with Gasteiger partial charge < -0.3 is 0 Å². The maximum absolute atomic E-state index is 12.7. The number of alkyl halides is 3. The molecule has 9 heteroatoms.